The highest BCUT2D eigenvalue weighted by atomic mass is 16.1. The second kappa shape index (κ2) is 6.19. The zero-order valence-electron chi connectivity index (χ0n) is 12.1. The molecule has 19 heavy (non-hydrogen) atoms. The van der Waals surface area contributed by atoms with Crippen LogP contribution in [0.4, 0.5) is 0 Å². The minimum Gasteiger partial charge on any atom is -0.352 e. The summed E-state index contributed by atoms with van der Waals surface area (Å²) in [5.41, 5.74) is 1.58. The molecule has 0 aromatic carbocycles. The fourth-order valence-electron chi connectivity index (χ4n) is 2.63. The van der Waals surface area contributed by atoms with Crippen LogP contribution in [0.2, 0.25) is 0 Å². The highest BCUT2D eigenvalue weighted by Gasteiger charge is 2.22. The molecule has 0 spiro atoms. The van der Waals surface area contributed by atoms with Crippen molar-refractivity contribution in [3.05, 3.63) is 17.5 Å². The first-order valence-electron chi connectivity index (χ1n) is 7.13. The molecule has 0 saturated carbocycles. The Bertz CT molecular complexity index is 441. The summed E-state index contributed by atoms with van der Waals surface area (Å²) in [7, 11) is 1.85. The average molecular weight is 264 g/mol. The van der Waals surface area contributed by atoms with Crippen LogP contribution in [0.3, 0.4) is 0 Å². The van der Waals surface area contributed by atoms with Crippen molar-refractivity contribution in [2.75, 3.05) is 19.6 Å². The molecule has 1 amide bonds. The number of nitrogens with one attached hydrogen (secondary N) is 2. The third-order valence-electron chi connectivity index (χ3n) is 4.00. The fraction of sp³-hybridized carbons (Fsp3) is 0.714. The number of piperidine rings is 1. The monoisotopic (exact) mass is 264 g/mol. The van der Waals surface area contributed by atoms with Crippen molar-refractivity contribution < 1.29 is 4.79 Å². The second-order valence-electron chi connectivity index (χ2n) is 5.46. The molecule has 2 atom stereocenters. The molecule has 5 nitrogen and oxygen atoms in total. The van der Waals surface area contributed by atoms with E-state index in [4.69, 9.17) is 0 Å². The molecule has 0 radical (unpaired) electrons. The Balaban J connectivity index is 1.93. The second-order valence-corrected chi connectivity index (χ2v) is 5.46. The first kappa shape index (κ1) is 14.1. The number of amides is 1. The summed E-state index contributed by atoms with van der Waals surface area (Å²) >= 11 is 0. The van der Waals surface area contributed by atoms with Crippen LogP contribution in [-0.4, -0.2) is 35.3 Å². The van der Waals surface area contributed by atoms with Gasteiger partial charge in [-0.2, -0.15) is 5.10 Å². The van der Waals surface area contributed by atoms with Gasteiger partial charge in [0.05, 0.1) is 11.3 Å². The predicted molar refractivity (Wildman–Crippen MR) is 75.1 cm³/mol. The van der Waals surface area contributed by atoms with Crippen molar-refractivity contribution in [3.8, 4) is 0 Å². The number of carbonyl (C=O) groups excluding carboxylic acids is 1. The van der Waals surface area contributed by atoms with Gasteiger partial charge in [0.25, 0.3) is 5.91 Å². The Kier molecular flexibility index (Phi) is 4.58. The minimum atomic E-state index is 0.00252. The lowest BCUT2D eigenvalue weighted by atomic mass is 9.88. The first-order valence-corrected chi connectivity index (χ1v) is 7.13. The van der Waals surface area contributed by atoms with E-state index in [1.807, 2.05) is 14.0 Å². The van der Waals surface area contributed by atoms with Gasteiger partial charge in [0.2, 0.25) is 0 Å². The van der Waals surface area contributed by atoms with Crippen LogP contribution < -0.4 is 10.6 Å². The van der Waals surface area contributed by atoms with Gasteiger partial charge in [0.1, 0.15) is 0 Å². The van der Waals surface area contributed by atoms with Crippen molar-refractivity contribution in [1.29, 1.82) is 0 Å². The van der Waals surface area contributed by atoms with E-state index in [0.717, 1.165) is 31.7 Å². The summed E-state index contributed by atoms with van der Waals surface area (Å²) in [6.07, 6.45) is 3.77. The van der Waals surface area contributed by atoms with Crippen LogP contribution in [0.1, 0.15) is 36.3 Å². The molecule has 1 saturated heterocycles. The number of hydrogen-bond donors (Lipinski definition) is 2. The van der Waals surface area contributed by atoms with Crippen LogP contribution >= 0.6 is 0 Å². The van der Waals surface area contributed by atoms with Crippen LogP contribution in [0.25, 0.3) is 0 Å². The average Bonchev–Trinajstić information content (AvgIpc) is 2.79. The number of rotatable bonds is 4. The van der Waals surface area contributed by atoms with Crippen molar-refractivity contribution in [2.24, 2.45) is 18.9 Å². The van der Waals surface area contributed by atoms with E-state index < -0.39 is 0 Å². The molecule has 1 aliphatic heterocycles. The SMILES string of the molecule is CCc1nn(C)cc1C(=O)NCC1CNCCC1C. The highest BCUT2D eigenvalue weighted by Crippen LogP contribution is 2.17. The molecule has 106 valence electrons. The summed E-state index contributed by atoms with van der Waals surface area (Å²) < 4.78 is 1.71. The summed E-state index contributed by atoms with van der Waals surface area (Å²) in [5.74, 6) is 1.20. The molecule has 2 N–H and O–H groups in total. The van der Waals surface area contributed by atoms with Gasteiger partial charge in [-0.25, -0.2) is 0 Å². The molecule has 0 aliphatic carbocycles. The van der Waals surface area contributed by atoms with Crippen LogP contribution in [0, 0.1) is 11.8 Å². The van der Waals surface area contributed by atoms with E-state index in [9.17, 15) is 4.79 Å². The molecule has 1 aromatic rings. The fourth-order valence-corrected chi connectivity index (χ4v) is 2.63. The molecular formula is C14H24N4O. The smallest absolute Gasteiger partial charge is 0.254 e. The molecule has 1 fully saturated rings. The van der Waals surface area contributed by atoms with Gasteiger partial charge < -0.3 is 10.6 Å². The van der Waals surface area contributed by atoms with E-state index in [-0.39, 0.29) is 5.91 Å². The zero-order valence-corrected chi connectivity index (χ0v) is 12.1. The Morgan fingerprint density at radius 2 is 2.42 bits per heavy atom. The number of carbonyl (C=O) groups is 1. The normalized spacial score (nSPS) is 23.3. The van der Waals surface area contributed by atoms with E-state index in [0.29, 0.717) is 17.4 Å². The lowest BCUT2D eigenvalue weighted by molar-refractivity contribution is 0.0938. The Morgan fingerprint density at radius 3 is 3.11 bits per heavy atom. The van der Waals surface area contributed by atoms with Gasteiger partial charge in [-0.3, -0.25) is 9.48 Å². The topological polar surface area (TPSA) is 59.0 Å². The lowest BCUT2D eigenvalue weighted by Crippen LogP contribution is -2.42. The van der Waals surface area contributed by atoms with Gasteiger partial charge in [-0.15, -0.1) is 0 Å². The maximum atomic E-state index is 12.2. The third kappa shape index (κ3) is 3.35. The van der Waals surface area contributed by atoms with E-state index in [1.54, 1.807) is 10.9 Å². The van der Waals surface area contributed by atoms with E-state index >= 15 is 0 Å². The third-order valence-corrected chi connectivity index (χ3v) is 4.00. The van der Waals surface area contributed by atoms with Crippen molar-refractivity contribution in [2.45, 2.75) is 26.7 Å². The van der Waals surface area contributed by atoms with Crippen LogP contribution in [0.5, 0.6) is 0 Å². The van der Waals surface area contributed by atoms with Crippen LogP contribution in [0.15, 0.2) is 6.20 Å². The molecular weight excluding hydrogens is 240 g/mol. The summed E-state index contributed by atoms with van der Waals surface area (Å²) in [6.45, 7) is 7.11. The Labute approximate surface area is 114 Å². The summed E-state index contributed by atoms with van der Waals surface area (Å²) in [5, 5.41) is 10.7. The van der Waals surface area contributed by atoms with Crippen molar-refractivity contribution in [1.82, 2.24) is 20.4 Å². The zero-order chi connectivity index (χ0) is 13.8. The maximum Gasteiger partial charge on any atom is 0.254 e. The lowest BCUT2D eigenvalue weighted by Gasteiger charge is -2.29. The van der Waals surface area contributed by atoms with Gasteiger partial charge in [0, 0.05) is 19.8 Å². The number of hydrogen-bond acceptors (Lipinski definition) is 3. The van der Waals surface area contributed by atoms with Gasteiger partial charge in [-0.05, 0) is 37.8 Å². The maximum absolute atomic E-state index is 12.2. The number of aryl methyl sites for hydroxylation is 2. The molecule has 5 heteroatoms. The van der Waals surface area contributed by atoms with Crippen molar-refractivity contribution in [3.63, 3.8) is 0 Å². The number of nitrogens with zero attached hydrogens (tertiary/aromatic N) is 2. The van der Waals surface area contributed by atoms with Crippen molar-refractivity contribution >= 4 is 5.91 Å². The van der Waals surface area contributed by atoms with Gasteiger partial charge in [0.15, 0.2) is 0 Å². The van der Waals surface area contributed by atoms with Gasteiger partial charge in [-0.1, -0.05) is 13.8 Å². The molecule has 0 bridgehead atoms. The summed E-state index contributed by atoms with van der Waals surface area (Å²) in [4.78, 5) is 12.2. The molecule has 2 rings (SSSR count). The van der Waals surface area contributed by atoms with Crippen LogP contribution in [-0.2, 0) is 13.5 Å². The molecule has 1 aromatic heterocycles. The molecule has 1 aliphatic rings. The minimum absolute atomic E-state index is 0.00252. The molecule has 2 unspecified atom stereocenters. The van der Waals surface area contributed by atoms with E-state index in [2.05, 4.69) is 22.7 Å². The quantitative estimate of drug-likeness (QED) is 0.851. The van der Waals surface area contributed by atoms with Gasteiger partial charge >= 0.3 is 0 Å². The first-order chi connectivity index (χ1) is 9.11. The Hall–Kier alpha value is -1.36. The largest absolute Gasteiger partial charge is 0.352 e. The van der Waals surface area contributed by atoms with E-state index in [1.165, 1.54) is 6.42 Å². The summed E-state index contributed by atoms with van der Waals surface area (Å²) in [6, 6.07) is 0. The molecule has 2 heterocycles. The standard InChI is InChI=1S/C14H24N4O/c1-4-13-12(9-18(3)17-13)14(19)16-8-11-7-15-6-5-10(11)2/h9-11,15H,4-8H2,1-3H3,(H,16,19). The number of aromatic nitrogens is 2. The Morgan fingerprint density at radius 1 is 1.63 bits per heavy atom. The highest BCUT2D eigenvalue weighted by molar-refractivity contribution is 5.95. The predicted octanol–water partition coefficient (Wildman–Crippen LogP) is 0.958.